The van der Waals surface area contributed by atoms with Gasteiger partial charge in [0.15, 0.2) is 0 Å². The fraction of sp³-hybridized carbons (Fsp3) is 0.275. The van der Waals surface area contributed by atoms with E-state index in [1.807, 2.05) is 137 Å². The minimum atomic E-state index is -2.08. The summed E-state index contributed by atoms with van der Waals surface area (Å²) in [5, 5.41) is 33.1. The van der Waals surface area contributed by atoms with Gasteiger partial charge in [-0.25, -0.2) is 4.67 Å². The molecule has 0 aromatic heterocycles. The van der Waals surface area contributed by atoms with Gasteiger partial charge in [-0.1, -0.05) is 204 Å². The van der Waals surface area contributed by atoms with E-state index in [2.05, 4.69) is 78.9 Å². The van der Waals surface area contributed by atoms with Crippen molar-refractivity contribution in [2.24, 2.45) is 0 Å². The van der Waals surface area contributed by atoms with Crippen molar-refractivity contribution in [3.8, 4) is 6.07 Å². The van der Waals surface area contributed by atoms with Crippen LogP contribution in [-0.2, 0) is 10.8 Å². The summed E-state index contributed by atoms with van der Waals surface area (Å²) in [6.45, 7) is 7.67. The zero-order valence-corrected chi connectivity index (χ0v) is 37.4. The SMILES string of the molecule is CC(C)N(P(O)O)C(C)(C)CCC#N.OC(CSSCC(O)C(c1ccccc1)(c1ccccc1)c1ccccc1)C(c1ccccc1)(c1ccccc1)c1ccccc1. The van der Waals surface area contributed by atoms with Gasteiger partial charge in [0.05, 0.1) is 29.1 Å². The molecule has 0 heterocycles. The fourth-order valence-corrected chi connectivity index (χ4v) is 11.8. The quantitative estimate of drug-likeness (QED) is 0.0293. The molecule has 0 aliphatic rings. The average molecular weight is 857 g/mol. The second-order valence-electron chi connectivity index (χ2n) is 15.6. The number of aliphatic hydroxyl groups excluding tert-OH is 2. The summed E-state index contributed by atoms with van der Waals surface area (Å²) < 4.78 is 1.65. The Balaban J connectivity index is 0.000000419. The number of hydrogen-bond acceptors (Lipinski definition) is 8. The molecule has 4 N–H and O–H groups in total. The monoisotopic (exact) mass is 856 g/mol. The molecule has 0 saturated heterocycles. The highest BCUT2D eigenvalue weighted by Gasteiger charge is 2.45. The molecule has 0 spiro atoms. The molecule has 6 aromatic rings. The first kappa shape index (κ1) is 46.8. The van der Waals surface area contributed by atoms with E-state index in [4.69, 9.17) is 5.26 Å². The first-order chi connectivity index (χ1) is 29.0. The molecule has 0 fully saturated rings. The Morgan fingerprint density at radius 2 is 0.767 bits per heavy atom. The maximum atomic E-state index is 12.3. The van der Waals surface area contributed by atoms with Crippen LogP contribution in [-0.4, -0.2) is 60.0 Å². The van der Waals surface area contributed by atoms with Crippen LogP contribution in [0, 0.1) is 11.3 Å². The lowest BCUT2D eigenvalue weighted by Gasteiger charge is -2.41. The first-order valence-electron chi connectivity index (χ1n) is 20.3. The Morgan fingerprint density at radius 3 is 0.967 bits per heavy atom. The maximum absolute atomic E-state index is 12.3. The molecule has 0 saturated carbocycles. The third kappa shape index (κ3) is 10.8. The van der Waals surface area contributed by atoms with Gasteiger partial charge in [0, 0.05) is 29.5 Å². The average Bonchev–Trinajstić information content (AvgIpc) is 3.27. The topological polar surface area (TPSA) is 108 Å². The number of benzene rings is 6. The van der Waals surface area contributed by atoms with Gasteiger partial charge >= 0.3 is 0 Å². The molecular weight excluding hydrogens is 800 g/mol. The van der Waals surface area contributed by atoms with Crippen molar-refractivity contribution in [2.45, 2.75) is 75.2 Å². The van der Waals surface area contributed by atoms with Crippen LogP contribution >= 0.6 is 30.1 Å². The maximum Gasteiger partial charge on any atom is 0.253 e. The van der Waals surface area contributed by atoms with Crippen LogP contribution in [0.15, 0.2) is 182 Å². The normalized spacial score (nSPS) is 13.0. The predicted molar refractivity (Wildman–Crippen MR) is 253 cm³/mol. The lowest BCUT2D eigenvalue weighted by Crippen LogP contribution is -2.44. The van der Waals surface area contributed by atoms with Crippen molar-refractivity contribution >= 4 is 30.1 Å². The van der Waals surface area contributed by atoms with Crippen LogP contribution in [0.25, 0.3) is 0 Å². The summed E-state index contributed by atoms with van der Waals surface area (Å²) in [4.78, 5) is 18.6. The number of aliphatic hydroxyl groups is 2. The van der Waals surface area contributed by atoms with Crippen LogP contribution in [0.5, 0.6) is 0 Å². The Kier molecular flexibility index (Phi) is 17.6. The molecule has 0 bridgehead atoms. The van der Waals surface area contributed by atoms with Crippen LogP contribution in [0.2, 0.25) is 0 Å². The predicted octanol–water partition coefficient (Wildman–Crippen LogP) is 11.1. The molecular formula is C51H57N2O4PS2. The van der Waals surface area contributed by atoms with E-state index in [9.17, 15) is 20.0 Å². The Morgan fingerprint density at radius 1 is 0.517 bits per heavy atom. The Hall–Kier alpha value is -4.26. The van der Waals surface area contributed by atoms with E-state index >= 15 is 0 Å². The minimum Gasteiger partial charge on any atom is -0.391 e. The van der Waals surface area contributed by atoms with Crippen LogP contribution in [0.4, 0.5) is 0 Å². The first-order valence-corrected chi connectivity index (χ1v) is 24.0. The van der Waals surface area contributed by atoms with Gasteiger partial charge in [-0.3, -0.25) is 0 Å². The third-order valence-corrected chi connectivity index (χ3v) is 14.8. The number of rotatable bonds is 18. The summed E-state index contributed by atoms with van der Waals surface area (Å²) in [5.41, 5.74) is 4.38. The van der Waals surface area contributed by atoms with Gasteiger partial charge in [0.25, 0.3) is 8.53 Å². The smallest absolute Gasteiger partial charge is 0.253 e. The molecule has 0 aliphatic carbocycles. The zero-order chi connectivity index (χ0) is 43.0. The summed E-state index contributed by atoms with van der Waals surface area (Å²) in [7, 11) is 1.13. The molecule has 60 heavy (non-hydrogen) atoms. The summed E-state index contributed by atoms with van der Waals surface area (Å²) in [5.74, 6) is 0.927. The largest absolute Gasteiger partial charge is 0.391 e. The summed E-state index contributed by atoms with van der Waals surface area (Å²) in [6, 6.07) is 64.0. The molecule has 0 aliphatic heterocycles. The van der Waals surface area contributed by atoms with E-state index in [-0.39, 0.29) is 11.6 Å². The highest BCUT2D eigenvalue weighted by molar-refractivity contribution is 8.76. The second kappa shape index (κ2) is 22.5. The molecule has 6 nitrogen and oxygen atoms in total. The highest BCUT2D eigenvalue weighted by Crippen LogP contribution is 2.47. The van der Waals surface area contributed by atoms with E-state index in [0.29, 0.717) is 24.3 Å². The van der Waals surface area contributed by atoms with E-state index in [1.54, 1.807) is 26.3 Å². The van der Waals surface area contributed by atoms with Gasteiger partial charge < -0.3 is 20.0 Å². The molecule has 6 aromatic carbocycles. The number of nitrogens with zero attached hydrogens (tertiary/aromatic N) is 2. The van der Waals surface area contributed by atoms with Crippen LogP contribution in [0.1, 0.15) is 73.9 Å². The van der Waals surface area contributed by atoms with Crippen molar-refractivity contribution in [2.75, 3.05) is 11.5 Å². The van der Waals surface area contributed by atoms with E-state index < -0.39 is 31.6 Å². The lowest BCUT2D eigenvalue weighted by molar-refractivity contribution is 0.144. The van der Waals surface area contributed by atoms with Gasteiger partial charge in [-0.05, 0) is 67.5 Å². The van der Waals surface area contributed by atoms with Gasteiger partial charge in [-0.2, -0.15) is 5.26 Å². The van der Waals surface area contributed by atoms with Gasteiger partial charge in [0.2, 0.25) is 0 Å². The van der Waals surface area contributed by atoms with Crippen molar-refractivity contribution in [3.63, 3.8) is 0 Å². The van der Waals surface area contributed by atoms with Crippen molar-refractivity contribution < 1.29 is 20.0 Å². The van der Waals surface area contributed by atoms with Crippen LogP contribution in [0.3, 0.4) is 0 Å². The highest BCUT2D eigenvalue weighted by atomic mass is 33.1. The molecule has 6 rings (SSSR count). The van der Waals surface area contributed by atoms with E-state index in [0.717, 1.165) is 33.4 Å². The third-order valence-electron chi connectivity index (χ3n) is 11.1. The molecule has 0 radical (unpaired) electrons. The fourth-order valence-electron chi connectivity index (χ4n) is 8.46. The van der Waals surface area contributed by atoms with Gasteiger partial charge in [-0.15, -0.1) is 0 Å². The van der Waals surface area contributed by atoms with Crippen LogP contribution < -0.4 is 0 Å². The van der Waals surface area contributed by atoms with Gasteiger partial charge in [0.1, 0.15) is 0 Å². The molecule has 312 valence electrons. The van der Waals surface area contributed by atoms with Crippen molar-refractivity contribution in [1.82, 2.24) is 4.67 Å². The minimum absolute atomic E-state index is 0.0600. The van der Waals surface area contributed by atoms with Crippen molar-refractivity contribution in [3.05, 3.63) is 215 Å². The summed E-state index contributed by atoms with van der Waals surface area (Å²) in [6.07, 6.45) is -0.408. The number of nitriles is 1. The Labute approximate surface area is 366 Å². The molecule has 2 atom stereocenters. The molecule has 2 unspecified atom stereocenters. The lowest BCUT2D eigenvalue weighted by atomic mass is 9.66. The zero-order valence-electron chi connectivity index (χ0n) is 34.8. The Bertz CT molecular complexity index is 1820. The summed E-state index contributed by atoms with van der Waals surface area (Å²) >= 11 is 0. The van der Waals surface area contributed by atoms with E-state index in [1.165, 1.54) is 0 Å². The standard InChI is InChI=1S/C42H38O2S2.C9H19N2O2P/c43-39(41(33-19-7-1-8-20-33,34-21-9-2-10-22-34)35-23-11-3-12-24-35)31-45-46-32-40(44)42(36-25-13-4-14-26-36,37-27-15-5-16-28-37)38-29-17-6-18-30-38;1-8(2)11(14(12)13)9(3,4)6-5-7-10/h1-30,39-40,43-44H,31-32H2;8,12-13H,5-6H2,1-4H3. The number of hydrogen-bond donors (Lipinski definition) is 4. The molecule has 0 amide bonds. The molecule has 9 heteroatoms. The second-order valence-corrected chi connectivity index (χ2v) is 19.1. The van der Waals surface area contributed by atoms with Crippen molar-refractivity contribution in [1.29, 1.82) is 5.26 Å².